The minimum absolute atomic E-state index is 0.0171. The molecule has 28 heavy (non-hydrogen) atoms. The largest absolute Gasteiger partial charge is 0.493 e. The summed E-state index contributed by atoms with van der Waals surface area (Å²) in [5.74, 6) is 0.730. The number of carbonyl (C=O) groups is 1. The first-order valence-corrected chi connectivity index (χ1v) is 8.74. The normalized spacial score (nSPS) is 19.4. The second kappa shape index (κ2) is 8.44. The molecule has 1 aromatic carbocycles. The summed E-state index contributed by atoms with van der Waals surface area (Å²) >= 11 is 0. The topological polar surface area (TPSA) is 108 Å². The Kier molecular flexibility index (Phi) is 6.00. The molecule has 10 heteroatoms. The molecular formula is C18H24N4O6. The molecule has 1 aliphatic rings. The highest BCUT2D eigenvalue weighted by Crippen LogP contribution is 2.36. The van der Waals surface area contributed by atoms with Gasteiger partial charge in [0.25, 0.3) is 5.91 Å². The van der Waals surface area contributed by atoms with Gasteiger partial charge in [0.2, 0.25) is 5.82 Å². The molecule has 1 amide bonds. The van der Waals surface area contributed by atoms with Gasteiger partial charge in [0.15, 0.2) is 11.5 Å². The summed E-state index contributed by atoms with van der Waals surface area (Å²) in [6.45, 7) is 0.376. The lowest BCUT2D eigenvalue weighted by molar-refractivity contribution is -0.0814. The van der Waals surface area contributed by atoms with Crippen molar-refractivity contribution in [3.8, 4) is 17.5 Å². The number of carbonyl (C=O) groups excluding carboxylic acids is 1. The molecule has 1 aromatic heterocycles. The van der Waals surface area contributed by atoms with E-state index < -0.39 is 12.1 Å². The fourth-order valence-electron chi connectivity index (χ4n) is 3.31. The molecule has 3 rings (SSSR count). The average Bonchev–Trinajstić information content (AvgIpc) is 3.12. The van der Waals surface area contributed by atoms with Crippen molar-refractivity contribution in [2.24, 2.45) is 7.05 Å². The van der Waals surface area contributed by atoms with Gasteiger partial charge in [0, 0.05) is 13.6 Å². The third-order valence-corrected chi connectivity index (χ3v) is 4.64. The monoisotopic (exact) mass is 392 g/mol. The standard InChI is InChI=1S/C18H24N4O6/c1-21-18(27-4)19-16(20-21)17(24)22-7-8-28-14(10-23)15(22)11-5-6-12(25-2)13(9-11)26-3/h5-6,9,14-15,23H,7-8,10H2,1-4H3/t14-,15-/m0/s1. The lowest BCUT2D eigenvalue weighted by atomic mass is 9.97. The fourth-order valence-corrected chi connectivity index (χ4v) is 3.31. The van der Waals surface area contributed by atoms with E-state index in [1.54, 1.807) is 31.2 Å². The van der Waals surface area contributed by atoms with E-state index in [-0.39, 0.29) is 24.3 Å². The van der Waals surface area contributed by atoms with E-state index in [2.05, 4.69) is 10.1 Å². The predicted molar refractivity (Wildman–Crippen MR) is 97.7 cm³/mol. The summed E-state index contributed by atoms with van der Waals surface area (Å²) in [6.07, 6.45) is -0.596. The zero-order chi connectivity index (χ0) is 20.3. The quantitative estimate of drug-likeness (QED) is 0.753. The summed E-state index contributed by atoms with van der Waals surface area (Å²) in [5, 5.41) is 14.0. The molecule has 0 unspecified atom stereocenters. The lowest BCUT2D eigenvalue weighted by Crippen LogP contribution is -2.49. The number of aliphatic hydroxyl groups is 1. The van der Waals surface area contributed by atoms with Crippen LogP contribution in [0.3, 0.4) is 0 Å². The summed E-state index contributed by atoms with van der Waals surface area (Å²) in [6, 6.07) is 5.03. The number of aliphatic hydroxyl groups excluding tert-OH is 1. The SMILES string of the molecule is COc1ccc([C@H]2[C@H](CO)OCCN2C(=O)c2nc(OC)n(C)n2)cc1OC. The number of hydrogen-bond acceptors (Lipinski definition) is 8. The Morgan fingerprint density at radius 3 is 2.61 bits per heavy atom. The van der Waals surface area contributed by atoms with Gasteiger partial charge in [-0.2, -0.15) is 4.98 Å². The molecule has 1 N–H and O–H groups in total. The molecule has 1 aliphatic heterocycles. The van der Waals surface area contributed by atoms with Crippen molar-refractivity contribution in [1.82, 2.24) is 19.7 Å². The highest BCUT2D eigenvalue weighted by molar-refractivity contribution is 5.91. The maximum atomic E-state index is 13.1. The third-order valence-electron chi connectivity index (χ3n) is 4.64. The van der Waals surface area contributed by atoms with E-state index in [0.29, 0.717) is 24.7 Å². The Bertz CT molecular complexity index is 839. The van der Waals surface area contributed by atoms with E-state index in [1.165, 1.54) is 18.9 Å². The molecule has 2 atom stereocenters. The smallest absolute Gasteiger partial charge is 0.314 e. The first kappa shape index (κ1) is 19.9. The number of morpholine rings is 1. The zero-order valence-electron chi connectivity index (χ0n) is 16.3. The fraction of sp³-hybridized carbons (Fsp3) is 0.500. The Hall–Kier alpha value is -2.85. The van der Waals surface area contributed by atoms with Crippen molar-refractivity contribution in [2.45, 2.75) is 12.1 Å². The van der Waals surface area contributed by atoms with Crippen LogP contribution in [0.15, 0.2) is 18.2 Å². The number of aromatic nitrogens is 3. The lowest BCUT2D eigenvalue weighted by Gasteiger charge is -2.40. The van der Waals surface area contributed by atoms with Crippen LogP contribution in [0.5, 0.6) is 17.5 Å². The van der Waals surface area contributed by atoms with Crippen LogP contribution in [0.2, 0.25) is 0 Å². The Labute approximate surface area is 162 Å². The molecule has 1 saturated heterocycles. The van der Waals surface area contributed by atoms with Crippen LogP contribution in [0.1, 0.15) is 22.2 Å². The third kappa shape index (κ3) is 3.60. The van der Waals surface area contributed by atoms with Crippen LogP contribution < -0.4 is 14.2 Å². The second-order valence-electron chi connectivity index (χ2n) is 6.20. The molecule has 0 saturated carbocycles. The molecule has 1 fully saturated rings. The molecule has 0 bridgehead atoms. The molecule has 10 nitrogen and oxygen atoms in total. The van der Waals surface area contributed by atoms with Crippen molar-refractivity contribution in [3.63, 3.8) is 0 Å². The van der Waals surface area contributed by atoms with Crippen LogP contribution in [-0.4, -0.2) is 77.9 Å². The average molecular weight is 392 g/mol. The molecular weight excluding hydrogens is 368 g/mol. The number of nitrogens with zero attached hydrogens (tertiary/aromatic N) is 4. The minimum Gasteiger partial charge on any atom is -0.493 e. The van der Waals surface area contributed by atoms with Gasteiger partial charge in [-0.25, -0.2) is 4.68 Å². The van der Waals surface area contributed by atoms with Crippen LogP contribution in [-0.2, 0) is 11.8 Å². The number of methoxy groups -OCH3 is 3. The van der Waals surface area contributed by atoms with Gasteiger partial charge < -0.3 is 29.0 Å². The van der Waals surface area contributed by atoms with E-state index in [4.69, 9.17) is 18.9 Å². The number of benzene rings is 1. The summed E-state index contributed by atoms with van der Waals surface area (Å²) in [5.41, 5.74) is 0.743. The number of hydrogen-bond donors (Lipinski definition) is 1. The van der Waals surface area contributed by atoms with E-state index in [0.717, 1.165) is 5.56 Å². The van der Waals surface area contributed by atoms with Gasteiger partial charge in [-0.05, 0) is 17.7 Å². The van der Waals surface area contributed by atoms with Gasteiger partial charge in [-0.1, -0.05) is 6.07 Å². The highest BCUT2D eigenvalue weighted by atomic mass is 16.5. The predicted octanol–water partition coefficient (Wildman–Crippen LogP) is 0.415. The van der Waals surface area contributed by atoms with E-state index in [1.807, 2.05) is 6.07 Å². The highest BCUT2D eigenvalue weighted by Gasteiger charge is 2.38. The Morgan fingerprint density at radius 2 is 2.00 bits per heavy atom. The first-order valence-electron chi connectivity index (χ1n) is 8.74. The maximum Gasteiger partial charge on any atom is 0.314 e. The molecule has 2 aromatic rings. The van der Waals surface area contributed by atoms with Gasteiger partial charge >= 0.3 is 6.01 Å². The number of amides is 1. The molecule has 2 heterocycles. The van der Waals surface area contributed by atoms with Crippen molar-refractivity contribution < 1.29 is 28.8 Å². The van der Waals surface area contributed by atoms with Crippen LogP contribution >= 0.6 is 0 Å². The second-order valence-corrected chi connectivity index (χ2v) is 6.20. The minimum atomic E-state index is -0.596. The zero-order valence-corrected chi connectivity index (χ0v) is 16.3. The summed E-state index contributed by atoms with van der Waals surface area (Å²) < 4.78 is 22.8. The number of rotatable bonds is 6. The van der Waals surface area contributed by atoms with Crippen LogP contribution in [0, 0.1) is 0 Å². The van der Waals surface area contributed by atoms with Crippen molar-refractivity contribution >= 4 is 5.91 Å². The Balaban J connectivity index is 1.99. The number of ether oxygens (including phenoxy) is 4. The maximum absolute atomic E-state index is 13.1. The Morgan fingerprint density at radius 1 is 1.25 bits per heavy atom. The van der Waals surface area contributed by atoms with Crippen molar-refractivity contribution in [3.05, 3.63) is 29.6 Å². The molecule has 152 valence electrons. The van der Waals surface area contributed by atoms with Gasteiger partial charge in [-0.3, -0.25) is 4.79 Å². The molecule has 0 radical (unpaired) electrons. The summed E-state index contributed by atoms with van der Waals surface area (Å²) in [7, 11) is 6.19. The van der Waals surface area contributed by atoms with Crippen molar-refractivity contribution in [1.29, 1.82) is 0 Å². The van der Waals surface area contributed by atoms with Crippen LogP contribution in [0.25, 0.3) is 0 Å². The van der Waals surface area contributed by atoms with Gasteiger partial charge in [-0.15, -0.1) is 5.10 Å². The van der Waals surface area contributed by atoms with E-state index >= 15 is 0 Å². The first-order chi connectivity index (χ1) is 13.5. The van der Waals surface area contributed by atoms with E-state index in [9.17, 15) is 9.90 Å². The van der Waals surface area contributed by atoms with Crippen LogP contribution in [0.4, 0.5) is 0 Å². The summed E-state index contributed by atoms with van der Waals surface area (Å²) in [4.78, 5) is 18.9. The van der Waals surface area contributed by atoms with Gasteiger partial charge in [0.05, 0.1) is 40.6 Å². The molecule has 0 spiro atoms. The van der Waals surface area contributed by atoms with Gasteiger partial charge in [0.1, 0.15) is 6.10 Å². The molecule has 0 aliphatic carbocycles. The number of aryl methyl sites for hydroxylation is 1. The van der Waals surface area contributed by atoms with Crippen molar-refractivity contribution in [2.75, 3.05) is 41.1 Å².